The summed E-state index contributed by atoms with van der Waals surface area (Å²) in [5, 5.41) is 9.36. The lowest BCUT2D eigenvalue weighted by Crippen LogP contribution is -2.46. The summed E-state index contributed by atoms with van der Waals surface area (Å²) < 4.78 is 0. The van der Waals surface area contributed by atoms with E-state index in [4.69, 9.17) is 0 Å². The summed E-state index contributed by atoms with van der Waals surface area (Å²) in [5.74, 6) is -0.615. The number of pyridine rings is 1. The van der Waals surface area contributed by atoms with Crippen LogP contribution >= 0.6 is 0 Å². The third-order valence-corrected chi connectivity index (χ3v) is 4.58. The maximum atomic E-state index is 12.2. The van der Waals surface area contributed by atoms with E-state index in [0.717, 1.165) is 5.56 Å². The summed E-state index contributed by atoms with van der Waals surface area (Å²) in [6.07, 6.45) is 6.36. The molecule has 1 fully saturated rings. The summed E-state index contributed by atoms with van der Waals surface area (Å²) >= 11 is 0. The Bertz CT molecular complexity index is 494. The molecule has 0 aliphatic carbocycles. The van der Waals surface area contributed by atoms with E-state index in [2.05, 4.69) is 4.98 Å². The van der Waals surface area contributed by atoms with Gasteiger partial charge in [0.2, 0.25) is 5.91 Å². The van der Waals surface area contributed by atoms with Gasteiger partial charge in [0.05, 0.1) is 5.41 Å². The Morgan fingerprint density at radius 2 is 1.90 bits per heavy atom. The van der Waals surface area contributed by atoms with Gasteiger partial charge in [-0.3, -0.25) is 14.6 Å². The Balaban J connectivity index is 1.84. The van der Waals surface area contributed by atoms with Crippen LogP contribution in [0, 0.1) is 5.41 Å². The van der Waals surface area contributed by atoms with Crippen molar-refractivity contribution in [3.05, 3.63) is 30.1 Å². The van der Waals surface area contributed by atoms with Gasteiger partial charge < -0.3 is 10.0 Å². The van der Waals surface area contributed by atoms with Gasteiger partial charge in [0.15, 0.2) is 0 Å². The molecule has 114 valence electrons. The average Bonchev–Trinajstić information content (AvgIpc) is 2.53. The van der Waals surface area contributed by atoms with Crippen molar-refractivity contribution >= 4 is 11.9 Å². The summed E-state index contributed by atoms with van der Waals surface area (Å²) in [4.78, 5) is 29.3. The van der Waals surface area contributed by atoms with Gasteiger partial charge >= 0.3 is 5.97 Å². The van der Waals surface area contributed by atoms with Crippen LogP contribution in [-0.4, -0.2) is 40.0 Å². The van der Waals surface area contributed by atoms with Crippen LogP contribution in [0.4, 0.5) is 0 Å². The average molecular weight is 290 g/mol. The SMILES string of the molecule is CCC1(C(=O)O)CCN(C(=O)CCc2ccncc2)CC1. The zero-order chi connectivity index (χ0) is 15.3. The van der Waals surface area contributed by atoms with E-state index >= 15 is 0 Å². The number of amides is 1. The minimum absolute atomic E-state index is 0.113. The Labute approximate surface area is 125 Å². The normalized spacial score (nSPS) is 17.5. The molecule has 2 heterocycles. The quantitative estimate of drug-likeness (QED) is 0.901. The number of rotatable bonds is 5. The van der Waals surface area contributed by atoms with Crippen LogP contribution in [0.5, 0.6) is 0 Å². The highest BCUT2D eigenvalue weighted by Gasteiger charge is 2.40. The third kappa shape index (κ3) is 3.60. The van der Waals surface area contributed by atoms with Crippen LogP contribution in [0.15, 0.2) is 24.5 Å². The van der Waals surface area contributed by atoms with E-state index in [-0.39, 0.29) is 5.91 Å². The maximum Gasteiger partial charge on any atom is 0.309 e. The molecule has 1 N–H and O–H groups in total. The van der Waals surface area contributed by atoms with E-state index in [1.54, 1.807) is 17.3 Å². The molecule has 0 bridgehead atoms. The van der Waals surface area contributed by atoms with Gasteiger partial charge in [-0.15, -0.1) is 0 Å². The van der Waals surface area contributed by atoms with Crippen molar-refractivity contribution in [3.63, 3.8) is 0 Å². The van der Waals surface area contributed by atoms with Crippen molar-refractivity contribution in [2.45, 2.75) is 39.0 Å². The van der Waals surface area contributed by atoms with Crippen molar-refractivity contribution in [1.82, 2.24) is 9.88 Å². The molecule has 1 aromatic rings. The summed E-state index contributed by atoms with van der Waals surface area (Å²) in [6, 6.07) is 3.83. The van der Waals surface area contributed by atoms with Gasteiger partial charge in [-0.1, -0.05) is 6.92 Å². The van der Waals surface area contributed by atoms with Gasteiger partial charge in [0.25, 0.3) is 0 Å². The minimum Gasteiger partial charge on any atom is -0.481 e. The summed E-state index contributed by atoms with van der Waals surface area (Å²) in [6.45, 7) is 3.01. The molecule has 1 aliphatic heterocycles. The number of nitrogens with zero attached hydrogens (tertiary/aromatic N) is 2. The molecule has 1 aromatic heterocycles. The van der Waals surface area contributed by atoms with Crippen LogP contribution in [0.25, 0.3) is 0 Å². The molecule has 0 atom stereocenters. The molecule has 1 amide bonds. The predicted molar refractivity (Wildman–Crippen MR) is 78.7 cm³/mol. The lowest BCUT2D eigenvalue weighted by atomic mass is 9.76. The molecular weight excluding hydrogens is 268 g/mol. The number of carboxylic acids is 1. The Morgan fingerprint density at radius 3 is 2.43 bits per heavy atom. The second-order valence-corrected chi connectivity index (χ2v) is 5.68. The number of likely N-dealkylation sites (tertiary alicyclic amines) is 1. The number of hydrogen-bond acceptors (Lipinski definition) is 3. The van der Waals surface area contributed by atoms with E-state index in [1.807, 2.05) is 19.1 Å². The van der Waals surface area contributed by atoms with Crippen LogP contribution < -0.4 is 0 Å². The van der Waals surface area contributed by atoms with Crippen molar-refractivity contribution in [3.8, 4) is 0 Å². The fraction of sp³-hybridized carbons (Fsp3) is 0.562. The Hall–Kier alpha value is -1.91. The molecule has 0 saturated carbocycles. The lowest BCUT2D eigenvalue weighted by molar-refractivity contribution is -0.154. The van der Waals surface area contributed by atoms with E-state index in [0.29, 0.717) is 45.2 Å². The molecule has 1 saturated heterocycles. The monoisotopic (exact) mass is 290 g/mol. The van der Waals surface area contributed by atoms with Gasteiger partial charge in [-0.2, -0.15) is 0 Å². The van der Waals surface area contributed by atoms with Crippen LogP contribution in [0.1, 0.15) is 38.2 Å². The number of hydrogen-bond donors (Lipinski definition) is 1. The first kappa shape index (κ1) is 15.5. The smallest absolute Gasteiger partial charge is 0.309 e. The van der Waals surface area contributed by atoms with E-state index in [1.165, 1.54) is 0 Å². The molecular formula is C16H22N2O3. The first-order chi connectivity index (χ1) is 10.1. The van der Waals surface area contributed by atoms with Crippen molar-refractivity contribution in [2.24, 2.45) is 5.41 Å². The predicted octanol–water partition coefficient (Wildman–Crippen LogP) is 2.12. The molecule has 0 aromatic carbocycles. The highest BCUT2D eigenvalue weighted by Crippen LogP contribution is 2.35. The van der Waals surface area contributed by atoms with Gasteiger partial charge in [-0.25, -0.2) is 0 Å². The van der Waals surface area contributed by atoms with Crippen LogP contribution in [0.3, 0.4) is 0 Å². The molecule has 5 nitrogen and oxygen atoms in total. The fourth-order valence-electron chi connectivity index (χ4n) is 2.86. The second-order valence-electron chi connectivity index (χ2n) is 5.68. The number of aryl methyl sites for hydroxylation is 1. The molecule has 5 heteroatoms. The molecule has 1 aliphatic rings. The molecule has 0 spiro atoms. The van der Waals surface area contributed by atoms with Crippen molar-refractivity contribution < 1.29 is 14.7 Å². The largest absolute Gasteiger partial charge is 0.481 e. The highest BCUT2D eigenvalue weighted by molar-refractivity contribution is 5.78. The van der Waals surface area contributed by atoms with E-state index < -0.39 is 11.4 Å². The number of piperidine rings is 1. The number of aromatic nitrogens is 1. The van der Waals surface area contributed by atoms with Crippen molar-refractivity contribution in [1.29, 1.82) is 0 Å². The number of carboxylic acid groups (broad SMARTS) is 1. The minimum atomic E-state index is -0.728. The first-order valence-electron chi connectivity index (χ1n) is 7.47. The molecule has 2 rings (SSSR count). The molecule has 21 heavy (non-hydrogen) atoms. The number of carbonyl (C=O) groups excluding carboxylic acids is 1. The number of carbonyl (C=O) groups is 2. The van der Waals surface area contributed by atoms with Crippen LogP contribution in [0.2, 0.25) is 0 Å². The third-order valence-electron chi connectivity index (χ3n) is 4.58. The fourth-order valence-corrected chi connectivity index (χ4v) is 2.86. The highest BCUT2D eigenvalue weighted by atomic mass is 16.4. The summed E-state index contributed by atoms with van der Waals surface area (Å²) in [5.41, 5.74) is 0.464. The lowest BCUT2D eigenvalue weighted by Gasteiger charge is -2.38. The zero-order valence-corrected chi connectivity index (χ0v) is 12.4. The maximum absolute atomic E-state index is 12.2. The first-order valence-corrected chi connectivity index (χ1v) is 7.47. The van der Waals surface area contributed by atoms with Gasteiger partial charge in [0.1, 0.15) is 0 Å². The number of aliphatic carboxylic acids is 1. The Morgan fingerprint density at radius 1 is 1.29 bits per heavy atom. The molecule has 0 unspecified atom stereocenters. The summed E-state index contributed by atoms with van der Waals surface area (Å²) in [7, 11) is 0. The standard InChI is InChI=1S/C16H22N2O3/c1-2-16(15(20)21)7-11-18(12-8-16)14(19)4-3-13-5-9-17-10-6-13/h5-6,9-10H,2-4,7-8,11-12H2,1H3,(H,20,21). The zero-order valence-electron chi connectivity index (χ0n) is 12.4. The van der Waals surface area contributed by atoms with E-state index in [9.17, 15) is 14.7 Å². The molecule has 0 radical (unpaired) electrons. The van der Waals surface area contributed by atoms with Crippen LogP contribution in [-0.2, 0) is 16.0 Å². The topological polar surface area (TPSA) is 70.5 Å². The second kappa shape index (κ2) is 6.70. The Kier molecular flexibility index (Phi) is 4.94. The van der Waals surface area contributed by atoms with Crippen molar-refractivity contribution in [2.75, 3.05) is 13.1 Å². The van der Waals surface area contributed by atoms with Gasteiger partial charge in [-0.05, 0) is 43.4 Å². The van der Waals surface area contributed by atoms with Gasteiger partial charge in [0, 0.05) is 31.9 Å².